The summed E-state index contributed by atoms with van der Waals surface area (Å²) in [7, 11) is -3.01. The van der Waals surface area contributed by atoms with Gasteiger partial charge in [-0.2, -0.15) is 0 Å². The highest BCUT2D eigenvalue weighted by molar-refractivity contribution is 8.00. The molecule has 0 fully saturated rings. The number of nitrogens with one attached hydrogen (secondary N) is 1. The van der Waals surface area contributed by atoms with Gasteiger partial charge in [-0.25, -0.2) is 12.8 Å². The first-order chi connectivity index (χ1) is 9.29. The summed E-state index contributed by atoms with van der Waals surface area (Å²) in [5, 5.41) is 3.28. The molecule has 0 heterocycles. The van der Waals surface area contributed by atoms with E-state index in [1.54, 1.807) is 6.07 Å². The first kappa shape index (κ1) is 17.5. The maximum Gasteiger partial charge on any atom is 0.148 e. The van der Waals surface area contributed by atoms with Gasteiger partial charge in [0, 0.05) is 23.4 Å². The summed E-state index contributed by atoms with van der Waals surface area (Å²) in [6.07, 6.45) is 1.19. The molecule has 3 nitrogen and oxygen atoms in total. The van der Waals surface area contributed by atoms with Gasteiger partial charge in [-0.05, 0) is 24.1 Å². The number of hydrogen-bond donors (Lipinski definition) is 1. The van der Waals surface area contributed by atoms with Gasteiger partial charge in [0.2, 0.25) is 0 Å². The Labute approximate surface area is 125 Å². The predicted octanol–water partition coefficient (Wildman–Crippen LogP) is 2.71. The quantitative estimate of drug-likeness (QED) is 0.748. The maximum atomic E-state index is 13.9. The summed E-state index contributed by atoms with van der Waals surface area (Å²) in [6, 6.07) is 4.97. The average molecular weight is 319 g/mol. The Morgan fingerprint density at radius 1 is 1.35 bits per heavy atom. The molecule has 0 amide bonds. The van der Waals surface area contributed by atoms with Crippen LogP contribution in [-0.2, 0) is 16.4 Å². The number of sulfone groups is 1. The first-order valence-corrected chi connectivity index (χ1v) is 9.63. The molecule has 1 aromatic rings. The minimum atomic E-state index is -3.01. The highest BCUT2D eigenvalue weighted by Crippen LogP contribution is 2.26. The molecule has 6 heteroatoms. The second kappa shape index (κ2) is 8.00. The summed E-state index contributed by atoms with van der Waals surface area (Å²) in [6.45, 7) is 5.68. The van der Waals surface area contributed by atoms with Crippen molar-refractivity contribution < 1.29 is 12.8 Å². The van der Waals surface area contributed by atoms with Crippen LogP contribution in [0.25, 0.3) is 0 Å². The van der Waals surface area contributed by atoms with Crippen LogP contribution in [0.4, 0.5) is 4.39 Å². The summed E-state index contributed by atoms with van der Waals surface area (Å²) in [5.74, 6) is 0.680. The van der Waals surface area contributed by atoms with Gasteiger partial charge in [0.05, 0.1) is 5.75 Å². The van der Waals surface area contributed by atoms with E-state index in [-0.39, 0.29) is 11.6 Å². The molecular weight excluding hydrogens is 297 g/mol. The van der Waals surface area contributed by atoms with E-state index in [9.17, 15) is 12.8 Å². The smallest absolute Gasteiger partial charge is 0.148 e. The second-order valence-electron chi connectivity index (χ2n) is 5.23. The number of rotatable bonds is 8. The third-order valence-corrected chi connectivity index (χ3v) is 4.98. The van der Waals surface area contributed by atoms with Gasteiger partial charge in [0.25, 0.3) is 0 Å². The maximum absolute atomic E-state index is 13.9. The summed E-state index contributed by atoms with van der Waals surface area (Å²) in [5.41, 5.74) is 0.879. The topological polar surface area (TPSA) is 46.2 Å². The van der Waals surface area contributed by atoms with Crippen molar-refractivity contribution in [2.24, 2.45) is 5.92 Å². The fourth-order valence-corrected chi connectivity index (χ4v) is 3.92. The molecule has 0 spiro atoms. The molecule has 20 heavy (non-hydrogen) atoms. The van der Waals surface area contributed by atoms with Crippen LogP contribution >= 0.6 is 11.8 Å². The van der Waals surface area contributed by atoms with Gasteiger partial charge >= 0.3 is 0 Å². The van der Waals surface area contributed by atoms with E-state index >= 15 is 0 Å². The molecule has 0 aromatic heterocycles. The lowest BCUT2D eigenvalue weighted by molar-refractivity contribution is 0.543. The van der Waals surface area contributed by atoms with Crippen molar-refractivity contribution >= 4 is 21.6 Å². The molecule has 0 aliphatic carbocycles. The Morgan fingerprint density at radius 3 is 2.65 bits per heavy atom. The van der Waals surface area contributed by atoms with Crippen molar-refractivity contribution in [2.75, 3.05) is 24.3 Å². The third kappa shape index (κ3) is 6.72. The zero-order valence-electron chi connectivity index (χ0n) is 12.1. The zero-order valence-corrected chi connectivity index (χ0v) is 13.8. The lowest BCUT2D eigenvalue weighted by Crippen LogP contribution is -2.19. The third-order valence-electron chi connectivity index (χ3n) is 2.62. The van der Waals surface area contributed by atoms with Gasteiger partial charge in [0.15, 0.2) is 0 Å². The summed E-state index contributed by atoms with van der Waals surface area (Å²) in [4.78, 5) is 0.549. The van der Waals surface area contributed by atoms with Crippen molar-refractivity contribution in [3.8, 4) is 0 Å². The molecule has 0 radical (unpaired) electrons. The molecule has 0 aliphatic heterocycles. The first-order valence-electron chi connectivity index (χ1n) is 6.58. The fourth-order valence-electron chi connectivity index (χ4n) is 1.64. The Balaban J connectivity index is 2.67. The van der Waals surface area contributed by atoms with Gasteiger partial charge in [-0.15, -0.1) is 11.8 Å². The average Bonchev–Trinajstić information content (AvgIpc) is 2.30. The van der Waals surface area contributed by atoms with E-state index in [0.29, 0.717) is 23.1 Å². The molecule has 0 aliphatic rings. The lowest BCUT2D eigenvalue weighted by Gasteiger charge is -2.12. The van der Waals surface area contributed by atoms with Gasteiger partial charge in [-0.3, -0.25) is 0 Å². The number of halogens is 1. The summed E-state index contributed by atoms with van der Waals surface area (Å²) >= 11 is 1.27. The number of hydrogen-bond acceptors (Lipinski definition) is 4. The van der Waals surface area contributed by atoms with Crippen molar-refractivity contribution in [3.05, 3.63) is 29.6 Å². The molecule has 114 valence electrons. The highest BCUT2D eigenvalue weighted by atomic mass is 32.2. The van der Waals surface area contributed by atoms with Crippen LogP contribution in [0.5, 0.6) is 0 Å². The molecule has 1 aromatic carbocycles. The van der Waals surface area contributed by atoms with Crippen LogP contribution in [0.15, 0.2) is 23.1 Å². The molecule has 1 rings (SSSR count). The van der Waals surface area contributed by atoms with E-state index in [2.05, 4.69) is 19.2 Å². The minimum absolute atomic E-state index is 0.0604. The van der Waals surface area contributed by atoms with E-state index in [4.69, 9.17) is 0 Å². The molecule has 1 N–H and O–H groups in total. The van der Waals surface area contributed by atoms with E-state index in [0.717, 1.165) is 12.1 Å². The van der Waals surface area contributed by atoms with Crippen LogP contribution in [0, 0.1) is 11.7 Å². The van der Waals surface area contributed by atoms with Crippen LogP contribution in [0.2, 0.25) is 0 Å². The molecule has 0 atom stereocenters. The monoisotopic (exact) mass is 319 g/mol. The Morgan fingerprint density at radius 2 is 2.05 bits per heavy atom. The predicted molar refractivity (Wildman–Crippen MR) is 83.4 cm³/mol. The van der Waals surface area contributed by atoms with Gasteiger partial charge in [-0.1, -0.05) is 26.0 Å². The number of benzene rings is 1. The van der Waals surface area contributed by atoms with Crippen molar-refractivity contribution in [1.82, 2.24) is 5.32 Å². The fraction of sp³-hybridized carbons (Fsp3) is 0.571. The van der Waals surface area contributed by atoms with Crippen LogP contribution in [0.3, 0.4) is 0 Å². The molecule has 0 saturated carbocycles. The lowest BCUT2D eigenvalue weighted by atomic mass is 10.2. The second-order valence-corrected chi connectivity index (χ2v) is 8.60. The molecule has 0 saturated heterocycles. The largest absolute Gasteiger partial charge is 0.312 e. The van der Waals surface area contributed by atoms with Crippen molar-refractivity contribution in [1.29, 1.82) is 0 Å². The highest BCUT2D eigenvalue weighted by Gasteiger charge is 2.10. The van der Waals surface area contributed by atoms with Crippen LogP contribution < -0.4 is 5.32 Å². The minimum Gasteiger partial charge on any atom is -0.312 e. The molecule has 0 unspecified atom stereocenters. The van der Waals surface area contributed by atoms with E-state index in [1.165, 1.54) is 24.1 Å². The van der Waals surface area contributed by atoms with Gasteiger partial charge < -0.3 is 5.32 Å². The van der Waals surface area contributed by atoms with Crippen molar-refractivity contribution in [2.45, 2.75) is 25.3 Å². The normalized spacial score (nSPS) is 12.1. The Bertz CT molecular complexity index is 530. The summed E-state index contributed by atoms with van der Waals surface area (Å²) < 4.78 is 36.1. The Hall–Kier alpha value is -0.590. The molecule has 0 bridgehead atoms. The van der Waals surface area contributed by atoms with Crippen LogP contribution in [-0.4, -0.2) is 32.7 Å². The standard InChI is InChI=1S/C14H22FNO2S2/c1-11(2)9-16-10-12-5-4-6-13(15)14(12)19-7-8-20(3,17)18/h4-6,11,16H,7-10H2,1-3H3. The molecular formula is C14H22FNO2S2. The van der Waals surface area contributed by atoms with Crippen molar-refractivity contribution in [3.63, 3.8) is 0 Å². The zero-order chi connectivity index (χ0) is 15.2. The van der Waals surface area contributed by atoms with E-state index in [1.807, 2.05) is 6.07 Å². The van der Waals surface area contributed by atoms with E-state index < -0.39 is 9.84 Å². The number of thioether (sulfide) groups is 1. The van der Waals surface area contributed by atoms with Gasteiger partial charge in [0.1, 0.15) is 15.7 Å². The Kier molecular flexibility index (Phi) is 6.99. The van der Waals surface area contributed by atoms with Crippen LogP contribution in [0.1, 0.15) is 19.4 Å². The SMILES string of the molecule is CC(C)CNCc1cccc(F)c1SCCS(C)(=O)=O.